The van der Waals surface area contributed by atoms with E-state index in [1.165, 1.54) is 5.56 Å². The molecule has 1 saturated carbocycles. The van der Waals surface area contributed by atoms with Crippen molar-refractivity contribution in [3.63, 3.8) is 0 Å². The average molecular weight is 220 g/mol. The molecule has 1 aliphatic carbocycles. The van der Waals surface area contributed by atoms with Gasteiger partial charge in [-0.2, -0.15) is 0 Å². The molecule has 0 bridgehead atoms. The van der Waals surface area contributed by atoms with Gasteiger partial charge in [0.2, 0.25) is 0 Å². The zero-order valence-electron chi connectivity index (χ0n) is 9.78. The fourth-order valence-corrected chi connectivity index (χ4v) is 2.04. The van der Waals surface area contributed by atoms with E-state index >= 15 is 0 Å². The van der Waals surface area contributed by atoms with Crippen LogP contribution in [0.5, 0.6) is 5.75 Å². The van der Waals surface area contributed by atoms with E-state index < -0.39 is 0 Å². The summed E-state index contributed by atoms with van der Waals surface area (Å²) in [7, 11) is 1.69. The summed E-state index contributed by atoms with van der Waals surface area (Å²) < 4.78 is 5.12. The zero-order valence-corrected chi connectivity index (χ0v) is 9.78. The highest BCUT2D eigenvalue weighted by Crippen LogP contribution is 2.17. The highest BCUT2D eigenvalue weighted by atomic mass is 16.5. The van der Waals surface area contributed by atoms with E-state index in [1.54, 1.807) is 7.11 Å². The van der Waals surface area contributed by atoms with Gasteiger partial charge in [-0.25, -0.2) is 0 Å². The third-order valence-corrected chi connectivity index (χ3v) is 3.18. The summed E-state index contributed by atoms with van der Waals surface area (Å²) in [5.41, 5.74) is 7.07. The molecule has 2 rings (SSSR count). The first-order valence-corrected chi connectivity index (χ1v) is 5.90. The van der Waals surface area contributed by atoms with E-state index in [2.05, 4.69) is 17.4 Å². The van der Waals surface area contributed by atoms with Gasteiger partial charge in [0.15, 0.2) is 0 Å². The number of nitrogens with two attached hydrogens (primary N) is 1. The van der Waals surface area contributed by atoms with Crippen molar-refractivity contribution in [2.45, 2.75) is 31.3 Å². The zero-order chi connectivity index (χ0) is 11.4. The van der Waals surface area contributed by atoms with Gasteiger partial charge < -0.3 is 15.8 Å². The number of nitrogens with one attached hydrogen (secondary N) is 1. The van der Waals surface area contributed by atoms with Crippen molar-refractivity contribution in [1.29, 1.82) is 0 Å². The molecular formula is C13H20N2O. The van der Waals surface area contributed by atoms with Gasteiger partial charge in [-0.05, 0) is 43.5 Å². The van der Waals surface area contributed by atoms with Crippen molar-refractivity contribution in [2.24, 2.45) is 5.73 Å². The molecule has 1 aliphatic rings. The van der Waals surface area contributed by atoms with Crippen LogP contribution in [0.3, 0.4) is 0 Å². The van der Waals surface area contributed by atoms with Gasteiger partial charge >= 0.3 is 0 Å². The van der Waals surface area contributed by atoms with Gasteiger partial charge in [0.25, 0.3) is 0 Å². The van der Waals surface area contributed by atoms with E-state index in [0.717, 1.165) is 31.6 Å². The average Bonchev–Trinajstić information content (AvgIpc) is 2.27. The maximum Gasteiger partial charge on any atom is 0.118 e. The number of benzene rings is 1. The Bertz CT molecular complexity index is 317. The molecule has 0 amide bonds. The Morgan fingerprint density at radius 2 is 2.00 bits per heavy atom. The number of rotatable bonds is 5. The molecule has 1 fully saturated rings. The van der Waals surface area contributed by atoms with Crippen molar-refractivity contribution in [3.05, 3.63) is 29.8 Å². The van der Waals surface area contributed by atoms with Gasteiger partial charge in [0.1, 0.15) is 5.75 Å². The number of methoxy groups -OCH3 is 1. The summed E-state index contributed by atoms with van der Waals surface area (Å²) in [6, 6.07) is 9.33. The predicted molar refractivity (Wildman–Crippen MR) is 65.7 cm³/mol. The molecule has 0 spiro atoms. The molecule has 0 aliphatic heterocycles. The molecule has 0 aromatic heterocycles. The number of hydrogen-bond donors (Lipinski definition) is 2. The van der Waals surface area contributed by atoms with Crippen LogP contribution >= 0.6 is 0 Å². The van der Waals surface area contributed by atoms with Crippen molar-refractivity contribution in [3.8, 4) is 5.75 Å². The lowest BCUT2D eigenvalue weighted by Crippen LogP contribution is -2.48. The Morgan fingerprint density at radius 3 is 2.56 bits per heavy atom. The molecule has 0 atom stereocenters. The van der Waals surface area contributed by atoms with E-state index in [1.807, 2.05) is 12.1 Å². The maximum absolute atomic E-state index is 5.73. The van der Waals surface area contributed by atoms with Crippen LogP contribution < -0.4 is 15.8 Å². The largest absolute Gasteiger partial charge is 0.497 e. The highest BCUT2D eigenvalue weighted by Gasteiger charge is 2.24. The van der Waals surface area contributed by atoms with E-state index in [-0.39, 0.29) is 0 Å². The summed E-state index contributed by atoms with van der Waals surface area (Å²) in [5, 5.41) is 3.52. The van der Waals surface area contributed by atoms with Crippen molar-refractivity contribution >= 4 is 0 Å². The van der Waals surface area contributed by atoms with Gasteiger partial charge in [0, 0.05) is 12.1 Å². The quantitative estimate of drug-likeness (QED) is 0.786. The molecule has 3 heteroatoms. The first-order chi connectivity index (χ1) is 7.78. The Morgan fingerprint density at radius 1 is 1.31 bits per heavy atom. The van der Waals surface area contributed by atoms with Crippen LogP contribution in [0.15, 0.2) is 24.3 Å². The summed E-state index contributed by atoms with van der Waals surface area (Å²) in [6.45, 7) is 1.03. The molecule has 3 N–H and O–H groups in total. The Labute approximate surface area is 97.0 Å². The molecule has 1 aromatic rings. The molecule has 0 unspecified atom stereocenters. The number of ether oxygens (including phenoxy) is 1. The van der Waals surface area contributed by atoms with Crippen LogP contribution in [-0.4, -0.2) is 25.7 Å². The van der Waals surface area contributed by atoms with Crippen molar-refractivity contribution in [1.82, 2.24) is 5.32 Å². The third-order valence-electron chi connectivity index (χ3n) is 3.18. The normalized spacial score (nSPS) is 23.9. The van der Waals surface area contributed by atoms with Gasteiger partial charge in [0.05, 0.1) is 7.11 Å². The van der Waals surface area contributed by atoms with E-state index in [0.29, 0.717) is 12.1 Å². The molecular weight excluding hydrogens is 200 g/mol. The minimum atomic E-state index is 0.429. The molecule has 1 aromatic carbocycles. The Hall–Kier alpha value is -1.06. The maximum atomic E-state index is 5.73. The SMILES string of the molecule is COc1ccc(CCNC2CC(N)C2)cc1. The van der Waals surface area contributed by atoms with Crippen LogP contribution in [0, 0.1) is 0 Å². The van der Waals surface area contributed by atoms with Crippen LogP contribution in [0.4, 0.5) is 0 Å². The number of hydrogen-bond acceptors (Lipinski definition) is 3. The van der Waals surface area contributed by atoms with E-state index in [4.69, 9.17) is 10.5 Å². The standard InChI is InChI=1S/C13H20N2O/c1-16-13-4-2-10(3-5-13)6-7-15-12-8-11(14)9-12/h2-5,11-12,15H,6-9,14H2,1H3. The fourth-order valence-electron chi connectivity index (χ4n) is 2.04. The van der Waals surface area contributed by atoms with Crippen molar-refractivity contribution in [2.75, 3.05) is 13.7 Å². The minimum absolute atomic E-state index is 0.429. The molecule has 16 heavy (non-hydrogen) atoms. The highest BCUT2D eigenvalue weighted by molar-refractivity contribution is 5.27. The summed E-state index contributed by atoms with van der Waals surface area (Å²) >= 11 is 0. The van der Waals surface area contributed by atoms with Gasteiger partial charge in [-0.15, -0.1) is 0 Å². The monoisotopic (exact) mass is 220 g/mol. The Kier molecular flexibility index (Phi) is 3.80. The molecule has 0 saturated heterocycles. The second kappa shape index (κ2) is 5.32. The summed E-state index contributed by atoms with van der Waals surface area (Å²) in [6.07, 6.45) is 3.32. The van der Waals surface area contributed by atoms with Crippen LogP contribution in [-0.2, 0) is 6.42 Å². The first-order valence-electron chi connectivity index (χ1n) is 5.90. The fraction of sp³-hybridized carbons (Fsp3) is 0.538. The lowest BCUT2D eigenvalue weighted by Gasteiger charge is -2.33. The van der Waals surface area contributed by atoms with Crippen molar-refractivity contribution < 1.29 is 4.74 Å². The minimum Gasteiger partial charge on any atom is -0.497 e. The van der Waals surface area contributed by atoms with Gasteiger partial charge in [-0.1, -0.05) is 12.1 Å². The lowest BCUT2D eigenvalue weighted by molar-refractivity contribution is 0.294. The second-order valence-electron chi connectivity index (χ2n) is 4.48. The van der Waals surface area contributed by atoms with Crippen LogP contribution in [0.25, 0.3) is 0 Å². The predicted octanol–water partition coefficient (Wildman–Crippen LogP) is 1.32. The van der Waals surface area contributed by atoms with Crippen LogP contribution in [0.2, 0.25) is 0 Å². The smallest absolute Gasteiger partial charge is 0.118 e. The second-order valence-corrected chi connectivity index (χ2v) is 4.48. The molecule has 0 heterocycles. The molecule has 0 radical (unpaired) electrons. The first kappa shape index (κ1) is 11.4. The van der Waals surface area contributed by atoms with Crippen LogP contribution in [0.1, 0.15) is 18.4 Å². The lowest BCUT2D eigenvalue weighted by atomic mass is 9.87. The van der Waals surface area contributed by atoms with Gasteiger partial charge in [-0.3, -0.25) is 0 Å². The summed E-state index contributed by atoms with van der Waals surface area (Å²) in [5.74, 6) is 0.918. The third kappa shape index (κ3) is 2.97. The summed E-state index contributed by atoms with van der Waals surface area (Å²) in [4.78, 5) is 0. The Balaban J connectivity index is 1.68. The molecule has 3 nitrogen and oxygen atoms in total. The van der Waals surface area contributed by atoms with E-state index in [9.17, 15) is 0 Å². The molecule has 88 valence electrons. The topological polar surface area (TPSA) is 47.3 Å².